The van der Waals surface area contributed by atoms with E-state index in [0.29, 0.717) is 23.3 Å². The monoisotopic (exact) mass is 405 g/mol. The lowest BCUT2D eigenvalue weighted by Crippen LogP contribution is -2.25. The number of methoxy groups -OCH3 is 1. The van der Waals surface area contributed by atoms with E-state index in [1.165, 1.54) is 4.57 Å². The van der Waals surface area contributed by atoms with Crippen LogP contribution in [0.15, 0.2) is 57.8 Å². The lowest BCUT2D eigenvalue weighted by Gasteiger charge is -2.08. The topological polar surface area (TPSA) is 112 Å². The zero-order valence-electron chi connectivity index (χ0n) is 16.5. The maximum Gasteiger partial charge on any atom is 0.316 e. The number of aromatic nitrogens is 4. The van der Waals surface area contributed by atoms with Crippen LogP contribution >= 0.6 is 0 Å². The molecule has 0 aliphatic carbocycles. The van der Waals surface area contributed by atoms with Crippen LogP contribution in [-0.2, 0) is 13.1 Å². The smallest absolute Gasteiger partial charge is 0.316 e. The van der Waals surface area contributed by atoms with Crippen LogP contribution in [0, 0.1) is 6.92 Å². The number of para-hydroxylation sites is 1. The van der Waals surface area contributed by atoms with E-state index >= 15 is 0 Å². The Morgan fingerprint density at radius 1 is 1.13 bits per heavy atom. The lowest BCUT2D eigenvalue weighted by atomic mass is 10.2. The second-order valence-electron chi connectivity index (χ2n) is 6.61. The van der Waals surface area contributed by atoms with E-state index < -0.39 is 5.91 Å². The van der Waals surface area contributed by atoms with Gasteiger partial charge in [0, 0.05) is 6.54 Å². The molecule has 0 aliphatic heterocycles. The minimum absolute atomic E-state index is 0.0533. The zero-order valence-corrected chi connectivity index (χ0v) is 16.5. The molecule has 2 aromatic heterocycles. The second kappa shape index (κ2) is 8.16. The highest BCUT2D eigenvalue weighted by Gasteiger charge is 2.17. The van der Waals surface area contributed by atoms with Gasteiger partial charge >= 0.3 is 11.8 Å². The molecule has 2 aromatic carbocycles. The minimum atomic E-state index is -0.495. The Morgan fingerprint density at radius 3 is 2.67 bits per heavy atom. The molecule has 0 saturated heterocycles. The van der Waals surface area contributed by atoms with Crippen molar-refractivity contribution < 1.29 is 14.1 Å². The van der Waals surface area contributed by atoms with Gasteiger partial charge in [0.05, 0.1) is 24.6 Å². The summed E-state index contributed by atoms with van der Waals surface area (Å²) in [7, 11) is 1.59. The molecule has 1 N–H and O–H groups in total. The molecule has 0 unspecified atom stereocenters. The standard InChI is InChI=1S/C21H19N5O4/c1-13-23-17-6-4-3-5-16(17)21(28)26(13)12-18-24-20(30-25-18)19(27)22-11-14-7-9-15(29-2)10-8-14/h3-10H,11-12H2,1-2H3,(H,22,27). The summed E-state index contributed by atoms with van der Waals surface area (Å²) in [6.45, 7) is 2.09. The Morgan fingerprint density at radius 2 is 1.90 bits per heavy atom. The van der Waals surface area contributed by atoms with Gasteiger partial charge in [-0.1, -0.05) is 29.4 Å². The number of benzene rings is 2. The van der Waals surface area contributed by atoms with Crippen molar-refractivity contribution in [2.75, 3.05) is 7.11 Å². The summed E-state index contributed by atoms with van der Waals surface area (Å²) >= 11 is 0. The summed E-state index contributed by atoms with van der Waals surface area (Å²) in [6.07, 6.45) is 0. The summed E-state index contributed by atoms with van der Waals surface area (Å²) in [5.74, 6) is 0.810. The predicted molar refractivity (Wildman–Crippen MR) is 108 cm³/mol. The van der Waals surface area contributed by atoms with Gasteiger partial charge in [0.25, 0.3) is 5.56 Å². The number of ether oxygens (including phenoxy) is 1. The highest BCUT2D eigenvalue weighted by atomic mass is 16.5. The maximum atomic E-state index is 12.7. The van der Waals surface area contributed by atoms with Crippen LogP contribution in [0.2, 0.25) is 0 Å². The molecule has 30 heavy (non-hydrogen) atoms. The maximum absolute atomic E-state index is 12.7. The number of fused-ring (bicyclic) bond motifs is 1. The van der Waals surface area contributed by atoms with E-state index in [1.54, 1.807) is 32.2 Å². The SMILES string of the molecule is COc1ccc(CNC(=O)c2nc(Cn3c(C)nc4ccccc4c3=O)no2)cc1. The molecule has 0 bridgehead atoms. The van der Waals surface area contributed by atoms with E-state index in [4.69, 9.17) is 9.26 Å². The van der Waals surface area contributed by atoms with Crippen LogP contribution in [-0.4, -0.2) is 32.7 Å². The molecule has 9 nitrogen and oxygen atoms in total. The van der Waals surface area contributed by atoms with Gasteiger partial charge in [-0.3, -0.25) is 14.2 Å². The summed E-state index contributed by atoms with van der Waals surface area (Å²) in [4.78, 5) is 33.6. The third-order valence-corrected chi connectivity index (χ3v) is 4.63. The zero-order chi connectivity index (χ0) is 21.1. The summed E-state index contributed by atoms with van der Waals surface area (Å²) < 4.78 is 11.6. The van der Waals surface area contributed by atoms with Gasteiger partial charge in [0.1, 0.15) is 11.6 Å². The first-order valence-corrected chi connectivity index (χ1v) is 9.25. The average molecular weight is 405 g/mol. The van der Waals surface area contributed by atoms with Crippen LogP contribution in [0.5, 0.6) is 5.75 Å². The molecule has 9 heteroatoms. The van der Waals surface area contributed by atoms with Gasteiger partial charge in [0.15, 0.2) is 5.82 Å². The first kappa shape index (κ1) is 19.3. The molecule has 0 radical (unpaired) electrons. The fraction of sp³-hybridized carbons (Fsp3) is 0.190. The van der Waals surface area contributed by atoms with Crippen LogP contribution in [0.4, 0.5) is 0 Å². The van der Waals surface area contributed by atoms with Gasteiger partial charge in [-0.25, -0.2) is 4.98 Å². The molecule has 152 valence electrons. The van der Waals surface area contributed by atoms with Gasteiger partial charge < -0.3 is 14.6 Å². The Bertz CT molecular complexity index is 1260. The summed E-state index contributed by atoms with van der Waals surface area (Å²) in [5.41, 5.74) is 1.32. The molecule has 0 fully saturated rings. The number of hydrogen-bond donors (Lipinski definition) is 1. The highest BCUT2D eigenvalue weighted by Crippen LogP contribution is 2.11. The fourth-order valence-electron chi connectivity index (χ4n) is 3.02. The number of hydrogen-bond acceptors (Lipinski definition) is 7. The van der Waals surface area contributed by atoms with E-state index in [-0.39, 0.29) is 23.8 Å². The van der Waals surface area contributed by atoms with E-state index in [1.807, 2.05) is 30.3 Å². The molecule has 2 heterocycles. The molecular weight excluding hydrogens is 386 g/mol. The molecule has 1 amide bonds. The largest absolute Gasteiger partial charge is 0.497 e. The van der Waals surface area contributed by atoms with Crippen molar-refractivity contribution in [3.05, 3.63) is 82.0 Å². The third kappa shape index (κ3) is 3.90. The van der Waals surface area contributed by atoms with Gasteiger partial charge in [0.2, 0.25) is 0 Å². The molecule has 0 saturated carbocycles. The second-order valence-corrected chi connectivity index (χ2v) is 6.61. The normalized spacial score (nSPS) is 10.9. The Labute approximate surface area is 171 Å². The third-order valence-electron chi connectivity index (χ3n) is 4.63. The van der Waals surface area contributed by atoms with Crippen molar-refractivity contribution >= 4 is 16.8 Å². The highest BCUT2D eigenvalue weighted by molar-refractivity contribution is 5.89. The fourth-order valence-corrected chi connectivity index (χ4v) is 3.02. The number of amides is 1. The summed E-state index contributed by atoms with van der Waals surface area (Å²) in [6, 6.07) is 14.4. The van der Waals surface area contributed by atoms with Gasteiger partial charge in [-0.05, 0) is 36.8 Å². The molecule has 4 aromatic rings. The summed E-state index contributed by atoms with van der Waals surface area (Å²) in [5, 5.41) is 7.05. The first-order chi connectivity index (χ1) is 14.5. The molecule has 0 aliphatic rings. The quantitative estimate of drug-likeness (QED) is 0.523. The van der Waals surface area contributed by atoms with Crippen LogP contribution in [0.25, 0.3) is 10.9 Å². The van der Waals surface area contributed by atoms with E-state index in [9.17, 15) is 9.59 Å². The van der Waals surface area contributed by atoms with E-state index in [0.717, 1.165) is 11.3 Å². The lowest BCUT2D eigenvalue weighted by molar-refractivity contribution is 0.0907. The number of carbonyl (C=O) groups is 1. The van der Waals surface area contributed by atoms with Gasteiger partial charge in [-0.2, -0.15) is 4.98 Å². The number of aryl methyl sites for hydroxylation is 1. The number of nitrogens with one attached hydrogen (secondary N) is 1. The molecule has 0 atom stereocenters. The first-order valence-electron chi connectivity index (χ1n) is 9.25. The van der Waals surface area contributed by atoms with Crippen LogP contribution in [0.1, 0.15) is 27.9 Å². The average Bonchev–Trinajstić information content (AvgIpc) is 3.24. The predicted octanol–water partition coefficient (Wildman–Crippen LogP) is 2.07. The van der Waals surface area contributed by atoms with Crippen molar-refractivity contribution in [2.45, 2.75) is 20.0 Å². The Kier molecular flexibility index (Phi) is 5.25. The van der Waals surface area contributed by atoms with Crippen molar-refractivity contribution in [2.24, 2.45) is 0 Å². The van der Waals surface area contributed by atoms with Gasteiger partial charge in [-0.15, -0.1) is 0 Å². The minimum Gasteiger partial charge on any atom is -0.497 e. The Hall–Kier alpha value is -4.01. The molecule has 0 spiro atoms. The molecular formula is C21H19N5O4. The number of carbonyl (C=O) groups excluding carboxylic acids is 1. The number of nitrogens with zero attached hydrogens (tertiary/aromatic N) is 4. The number of rotatable bonds is 6. The van der Waals surface area contributed by atoms with Crippen molar-refractivity contribution in [1.82, 2.24) is 25.0 Å². The van der Waals surface area contributed by atoms with Crippen LogP contribution < -0.4 is 15.6 Å². The van der Waals surface area contributed by atoms with Crippen LogP contribution in [0.3, 0.4) is 0 Å². The van der Waals surface area contributed by atoms with E-state index in [2.05, 4.69) is 20.4 Å². The van der Waals surface area contributed by atoms with Crippen molar-refractivity contribution in [3.63, 3.8) is 0 Å². The van der Waals surface area contributed by atoms with Crippen molar-refractivity contribution in [3.8, 4) is 5.75 Å². The molecule has 4 rings (SSSR count). The Balaban J connectivity index is 1.47. The van der Waals surface area contributed by atoms with Crippen molar-refractivity contribution in [1.29, 1.82) is 0 Å².